The van der Waals surface area contributed by atoms with Gasteiger partial charge in [0.25, 0.3) is 0 Å². The van der Waals surface area contributed by atoms with Gasteiger partial charge in [-0.15, -0.1) is 0 Å². The summed E-state index contributed by atoms with van der Waals surface area (Å²) >= 11 is 3.18. The van der Waals surface area contributed by atoms with E-state index < -0.39 is 6.04 Å². The topological polar surface area (TPSA) is 55.9 Å². The molecule has 6 heteroatoms. The number of hydrazine groups is 1. The van der Waals surface area contributed by atoms with E-state index in [9.17, 15) is 4.39 Å². The highest BCUT2D eigenvalue weighted by atomic mass is 79.9. The first kappa shape index (κ1) is 13.2. The predicted molar refractivity (Wildman–Crippen MR) is 71.2 cm³/mol. The van der Waals surface area contributed by atoms with Crippen LogP contribution in [0.2, 0.25) is 0 Å². The minimum Gasteiger partial charge on any atom is -0.273 e. The summed E-state index contributed by atoms with van der Waals surface area (Å²) in [6.07, 6.45) is 1.69. The standard InChI is InChI=1S/C12H14BrFN4/c1-7-9(6-16-18(7)2)12(17-15)8-4-3-5-10(13)11(8)14/h3-6,12,17H,15H2,1-2H3. The SMILES string of the molecule is Cc1c(C(NN)c2cccc(Br)c2F)cnn1C. The van der Waals surface area contributed by atoms with E-state index in [0.29, 0.717) is 10.0 Å². The molecule has 4 nitrogen and oxygen atoms in total. The summed E-state index contributed by atoms with van der Waals surface area (Å²) < 4.78 is 16.2. The summed E-state index contributed by atoms with van der Waals surface area (Å²) in [5.74, 6) is 5.25. The monoisotopic (exact) mass is 312 g/mol. The summed E-state index contributed by atoms with van der Waals surface area (Å²) in [7, 11) is 1.84. The number of nitrogens with zero attached hydrogens (tertiary/aromatic N) is 2. The molecule has 0 saturated heterocycles. The van der Waals surface area contributed by atoms with Crippen molar-refractivity contribution in [3.63, 3.8) is 0 Å². The van der Waals surface area contributed by atoms with Crippen molar-refractivity contribution < 1.29 is 4.39 Å². The Labute approximate surface area is 113 Å². The van der Waals surface area contributed by atoms with Gasteiger partial charge in [-0.05, 0) is 28.9 Å². The molecular formula is C12H14BrFN4. The summed E-state index contributed by atoms with van der Waals surface area (Å²) in [4.78, 5) is 0. The zero-order valence-corrected chi connectivity index (χ0v) is 11.7. The zero-order valence-electron chi connectivity index (χ0n) is 10.1. The third-order valence-corrected chi connectivity index (χ3v) is 3.66. The fourth-order valence-electron chi connectivity index (χ4n) is 1.89. The normalized spacial score (nSPS) is 12.7. The van der Waals surface area contributed by atoms with Crippen LogP contribution in [-0.2, 0) is 7.05 Å². The summed E-state index contributed by atoms with van der Waals surface area (Å²) in [5, 5.41) is 4.15. The molecule has 18 heavy (non-hydrogen) atoms. The molecule has 1 heterocycles. The van der Waals surface area contributed by atoms with Crippen LogP contribution < -0.4 is 11.3 Å². The van der Waals surface area contributed by atoms with Gasteiger partial charge >= 0.3 is 0 Å². The zero-order chi connectivity index (χ0) is 13.3. The fraction of sp³-hybridized carbons (Fsp3) is 0.250. The molecule has 2 aromatic rings. The lowest BCUT2D eigenvalue weighted by Gasteiger charge is -2.17. The van der Waals surface area contributed by atoms with Gasteiger partial charge in [0.15, 0.2) is 0 Å². The number of hydrogen-bond donors (Lipinski definition) is 2. The molecule has 0 fully saturated rings. The lowest BCUT2D eigenvalue weighted by molar-refractivity contribution is 0.554. The van der Waals surface area contributed by atoms with Gasteiger partial charge in [-0.2, -0.15) is 5.10 Å². The third-order valence-electron chi connectivity index (χ3n) is 3.04. The Morgan fingerprint density at radius 1 is 1.44 bits per heavy atom. The molecule has 96 valence electrons. The first-order valence-electron chi connectivity index (χ1n) is 5.44. The fourth-order valence-corrected chi connectivity index (χ4v) is 2.27. The van der Waals surface area contributed by atoms with E-state index in [4.69, 9.17) is 5.84 Å². The highest BCUT2D eigenvalue weighted by molar-refractivity contribution is 9.10. The van der Waals surface area contributed by atoms with Crippen molar-refractivity contribution >= 4 is 15.9 Å². The van der Waals surface area contributed by atoms with E-state index in [0.717, 1.165) is 11.3 Å². The Hall–Kier alpha value is -1.24. The van der Waals surface area contributed by atoms with E-state index in [-0.39, 0.29) is 5.82 Å². The van der Waals surface area contributed by atoms with Crippen molar-refractivity contribution in [1.29, 1.82) is 0 Å². The van der Waals surface area contributed by atoms with Crippen LogP contribution in [0.1, 0.15) is 22.9 Å². The quantitative estimate of drug-likeness (QED) is 0.674. The smallest absolute Gasteiger partial charge is 0.142 e. The summed E-state index contributed by atoms with van der Waals surface area (Å²) in [6, 6.07) is 4.72. The molecule has 1 aromatic heterocycles. The molecule has 0 saturated carbocycles. The number of nitrogens with two attached hydrogens (primary N) is 1. The molecule has 0 radical (unpaired) electrons. The van der Waals surface area contributed by atoms with Crippen molar-refractivity contribution in [2.75, 3.05) is 0 Å². The minimum absolute atomic E-state index is 0.316. The molecule has 2 rings (SSSR count). The van der Waals surface area contributed by atoms with Crippen LogP contribution in [0.5, 0.6) is 0 Å². The average Bonchev–Trinajstić information content (AvgIpc) is 2.68. The number of hydrogen-bond acceptors (Lipinski definition) is 3. The number of rotatable bonds is 3. The van der Waals surface area contributed by atoms with E-state index in [1.165, 1.54) is 0 Å². The predicted octanol–water partition coefficient (Wildman–Crippen LogP) is 2.18. The van der Waals surface area contributed by atoms with E-state index in [2.05, 4.69) is 26.5 Å². The van der Waals surface area contributed by atoms with E-state index in [1.54, 1.807) is 29.1 Å². The highest BCUT2D eigenvalue weighted by Gasteiger charge is 2.21. The second-order valence-electron chi connectivity index (χ2n) is 4.05. The molecule has 1 unspecified atom stereocenters. The lowest BCUT2D eigenvalue weighted by Crippen LogP contribution is -2.30. The minimum atomic E-state index is -0.420. The Balaban J connectivity index is 2.52. The second-order valence-corrected chi connectivity index (χ2v) is 4.91. The van der Waals surface area contributed by atoms with Gasteiger partial charge in [0.2, 0.25) is 0 Å². The van der Waals surface area contributed by atoms with Crippen LogP contribution in [0, 0.1) is 12.7 Å². The average molecular weight is 313 g/mol. The van der Waals surface area contributed by atoms with Crippen LogP contribution >= 0.6 is 15.9 Å². The van der Waals surface area contributed by atoms with Gasteiger partial charge in [-0.3, -0.25) is 10.5 Å². The molecule has 1 aromatic carbocycles. The summed E-state index contributed by atoms with van der Waals surface area (Å²) in [5.41, 5.74) is 4.93. The van der Waals surface area contributed by atoms with Crippen LogP contribution in [0.4, 0.5) is 4.39 Å². The number of benzene rings is 1. The second kappa shape index (κ2) is 5.17. The van der Waals surface area contributed by atoms with Gasteiger partial charge in [0, 0.05) is 23.9 Å². The van der Waals surface area contributed by atoms with E-state index >= 15 is 0 Å². The molecule has 0 aliphatic heterocycles. The molecule has 0 aliphatic carbocycles. The number of aryl methyl sites for hydroxylation is 1. The van der Waals surface area contributed by atoms with Gasteiger partial charge in [-0.25, -0.2) is 9.82 Å². The van der Waals surface area contributed by atoms with Crippen molar-refractivity contribution in [3.8, 4) is 0 Å². The Bertz CT molecular complexity index is 567. The molecule has 0 spiro atoms. The Morgan fingerprint density at radius 3 is 2.72 bits per heavy atom. The van der Waals surface area contributed by atoms with Gasteiger partial charge < -0.3 is 0 Å². The summed E-state index contributed by atoms with van der Waals surface area (Å²) in [6.45, 7) is 1.92. The van der Waals surface area contributed by atoms with Crippen LogP contribution in [0.15, 0.2) is 28.9 Å². The number of aromatic nitrogens is 2. The number of halogens is 2. The first-order valence-corrected chi connectivity index (χ1v) is 6.24. The molecular weight excluding hydrogens is 299 g/mol. The molecule has 0 amide bonds. The van der Waals surface area contributed by atoms with Gasteiger partial charge in [-0.1, -0.05) is 12.1 Å². The maximum atomic E-state index is 14.1. The molecule has 1 atom stereocenters. The Morgan fingerprint density at radius 2 is 2.17 bits per heavy atom. The largest absolute Gasteiger partial charge is 0.273 e. The van der Waals surface area contributed by atoms with Crippen molar-refractivity contribution in [2.45, 2.75) is 13.0 Å². The lowest BCUT2D eigenvalue weighted by atomic mass is 9.99. The third kappa shape index (κ3) is 2.19. The van der Waals surface area contributed by atoms with Gasteiger partial charge in [0.05, 0.1) is 16.7 Å². The van der Waals surface area contributed by atoms with Crippen LogP contribution in [-0.4, -0.2) is 9.78 Å². The maximum absolute atomic E-state index is 14.1. The number of nitrogens with one attached hydrogen (secondary N) is 1. The first-order chi connectivity index (χ1) is 8.56. The maximum Gasteiger partial charge on any atom is 0.142 e. The van der Waals surface area contributed by atoms with Crippen molar-refractivity contribution in [3.05, 3.63) is 51.5 Å². The molecule has 0 bridgehead atoms. The molecule has 3 N–H and O–H groups in total. The van der Waals surface area contributed by atoms with Crippen LogP contribution in [0.25, 0.3) is 0 Å². The van der Waals surface area contributed by atoms with E-state index in [1.807, 2.05) is 14.0 Å². The van der Waals surface area contributed by atoms with Crippen molar-refractivity contribution in [1.82, 2.24) is 15.2 Å². The highest BCUT2D eigenvalue weighted by Crippen LogP contribution is 2.29. The van der Waals surface area contributed by atoms with Crippen molar-refractivity contribution in [2.24, 2.45) is 12.9 Å². The van der Waals surface area contributed by atoms with Crippen LogP contribution in [0.3, 0.4) is 0 Å². The van der Waals surface area contributed by atoms with Gasteiger partial charge in [0.1, 0.15) is 5.82 Å². The molecule has 0 aliphatic rings. The Kier molecular flexibility index (Phi) is 3.79.